The van der Waals surface area contributed by atoms with Gasteiger partial charge in [-0.05, 0) is 73.0 Å². The summed E-state index contributed by atoms with van der Waals surface area (Å²) in [5.41, 5.74) is -4.84. The molecule has 2 aromatic carbocycles. The molecule has 2 atom stereocenters. The van der Waals surface area contributed by atoms with Gasteiger partial charge in [-0.3, -0.25) is 0 Å². The molecule has 1 aliphatic heterocycles. The Hall–Kier alpha value is -2.40. The van der Waals surface area contributed by atoms with Gasteiger partial charge in [-0.15, -0.1) is 0 Å². The van der Waals surface area contributed by atoms with Crippen molar-refractivity contribution < 1.29 is 39.2 Å². The highest BCUT2D eigenvalue weighted by molar-refractivity contribution is 7.92. The van der Waals surface area contributed by atoms with E-state index in [0.29, 0.717) is 12.1 Å². The summed E-state index contributed by atoms with van der Waals surface area (Å²) in [4.78, 5) is 0.00208. The van der Waals surface area contributed by atoms with E-state index in [1.54, 1.807) is 19.1 Å². The van der Waals surface area contributed by atoms with E-state index in [1.165, 1.54) is 6.07 Å². The number of aryl methyl sites for hydroxylation is 1. The summed E-state index contributed by atoms with van der Waals surface area (Å²) in [7, 11) is -4.21. The molecule has 1 heterocycles. The Bertz CT molecular complexity index is 1360. The number of allylic oxidation sites excluding steroid dienone is 1. The van der Waals surface area contributed by atoms with Crippen molar-refractivity contribution in [2.24, 2.45) is 0 Å². The molecule has 208 valence electrons. The van der Waals surface area contributed by atoms with Gasteiger partial charge in [-0.25, -0.2) is 12.8 Å². The third-order valence-corrected chi connectivity index (χ3v) is 10.3. The summed E-state index contributed by atoms with van der Waals surface area (Å²) < 4.78 is 122. The molecular formula is C27H28F7NO2S. The number of halogens is 7. The van der Waals surface area contributed by atoms with Crippen molar-refractivity contribution in [3.05, 3.63) is 70.8 Å². The fourth-order valence-electron chi connectivity index (χ4n) is 5.90. The lowest BCUT2D eigenvalue weighted by molar-refractivity contribution is -0.348. The zero-order valence-corrected chi connectivity index (χ0v) is 21.8. The van der Waals surface area contributed by atoms with Crippen LogP contribution >= 0.6 is 0 Å². The zero-order valence-electron chi connectivity index (χ0n) is 21.0. The molecule has 38 heavy (non-hydrogen) atoms. The number of alkyl halides is 7. The Labute approximate surface area is 217 Å². The first-order valence-corrected chi connectivity index (χ1v) is 13.6. The Morgan fingerprint density at radius 2 is 1.66 bits per heavy atom. The zero-order chi connectivity index (χ0) is 28.5. The van der Waals surface area contributed by atoms with Gasteiger partial charge in [0.25, 0.3) is 0 Å². The molecule has 11 heteroatoms. The van der Waals surface area contributed by atoms with Crippen LogP contribution in [0.25, 0.3) is 5.57 Å². The lowest BCUT2D eigenvalue weighted by Crippen LogP contribution is -2.51. The molecule has 0 spiro atoms. The number of benzene rings is 2. The highest BCUT2D eigenvalue weighted by Gasteiger charge is 2.73. The Morgan fingerprint density at radius 3 is 2.21 bits per heavy atom. The topological polar surface area (TPSA) is 46.2 Å². The van der Waals surface area contributed by atoms with Crippen molar-refractivity contribution in [3.63, 3.8) is 0 Å². The van der Waals surface area contributed by atoms with Crippen LogP contribution in [0.3, 0.4) is 0 Å². The standard InChI is InChI=1S/C27H28F7NO2S/c1-15(2)20-8-7-19(14-21(20)16(3)4)38(36,37)24-11-12-35-23(24)10-5-17-13-18(6-9-22(17)24)25(28,26(29,30)31)27(32,33)34/h6-9,13-14,16,23,35H,1,5,10-12H2,2-4H3. The molecule has 2 aliphatic rings. The van der Waals surface area contributed by atoms with E-state index < -0.39 is 44.2 Å². The predicted molar refractivity (Wildman–Crippen MR) is 130 cm³/mol. The summed E-state index contributed by atoms with van der Waals surface area (Å²) in [6, 6.07) is 5.95. The van der Waals surface area contributed by atoms with Gasteiger partial charge in [0.15, 0.2) is 9.84 Å². The van der Waals surface area contributed by atoms with Crippen molar-refractivity contribution in [3.8, 4) is 0 Å². The molecule has 0 bridgehead atoms. The van der Waals surface area contributed by atoms with Crippen LogP contribution in [0.15, 0.2) is 47.9 Å². The van der Waals surface area contributed by atoms with Crippen LogP contribution in [0.1, 0.15) is 67.3 Å². The van der Waals surface area contributed by atoms with E-state index in [1.807, 2.05) is 13.8 Å². The number of hydrogen-bond acceptors (Lipinski definition) is 3. The minimum Gasteiger partial charge on any atom is -0.312 e. The summed E-state index contributed by atoms with van der Waals surface area (Å²) in [6.45, 7) is 9.83. The van der Waals surface area contributed by atoms with E-state index in [0.717, 1.165) is 22.8 Å². The second-order valence-corrected chi connectivity index (χ2v) is 12.6. The van der Waals surface area contributed by atoms with Crippen LogP contribution in [0.5, 0.6) is 0 Å². The van der Waals surface area contributed by atoms with Crippen LogP contribution in [0.2, 0.25) is 0 Å². The molecule has 1 fully saturated rings. The second kappa shape index (κ2) is 9.08. The van der Waals surface area contributed by atoms with Gasteiger partial charge in [0.1, 0.15) is 4.75 Å². The molecule has 1 saturated heterocycles. The first kappa shape index (κ1) is 28.6. The maximum Gasteiger partial charge on any atom is 0.435 e. The summed E-state index contributed by atoms with van der Waals surface area (Å²) >= 11 is 0. The van der Waals surface area contributed by atoms with Crippen LogP contribution < -0.4 is 5.32 Å². The third-order valence-electron chi connectivity index (χ3n) is 7.79. The number of fused-ring (bicyclic) bond motifs is 3. The van der Waals surface area contributed by atoms with E-state index in [4.69, 9.17) is 0 Å². The monoisotopic (exact) mass is 563 g/mol. The van der Waals surface area contributed by atoms with E-state index in [9.17, 15) is 39.2 Å². The van der Waals surface area contributed by atoms with Gasteiger partial charge >= 0.3 is 18.0 Å². The molecule has 0 amide bonds. The van der Waals surface area contributed by atoms with Crippen molar-refractivity contribution in [1.29, 1.82) is 0 Å². The summed E-state index contributed by atoms with van der Waals surface area (Å²) in [5.74, 6) is -0.0459. The van der Waals surface area contributed by atoms with Gasteiger partial charge < -0.3 is 5.32 Å². The van der Waals surface area contributed by atoms with Crippen LogP contribution in [0.4, 0.5) is 30.7 Å². The Morgan fingerprint density at radius 1 is 1.03 bits per heavy atom. The quantitative estimate of drug-likeness (QED) is 0.395. The number of nitrogens with one attached hydrogen (secondary N) is 1. The molecular weight excluding hydrogens is 535 g/mol. The average molecular weight is 564 g/mol. The lowest BCUT2D eigenvalue weighted by Gasteiger charge is -2.41. The van der Waals surface area contributed by atoms with Crippen LogP contribution in [-0.2, 0) is 26.7 Å². The Balaban J connectivity index is 1.93. The van der Waals surface area contributed by atoms with Gasteiger partial charge in [0, 0.05) is 11.6 Å². The molecule has 4 rings (SSSR count). The minimum absolute atomic E-state index is 0.00208. The first-order chi connectivity index (χ1) is 17.4. The number of rotatable bonds is 5. The lowest BCUT2D eigenvalue weighted by atomic mass is 9.77. The molecule has 3 nitrogen and oxygen atoms in total. The fraction of sp³-hybridized carbons (Fsp3) is 0.481. The van der Waals surface area contributed by atoms with Gasteiger partial charge in [0.2, 0.25) is 0 Å². The van der Waals surface area contributed by atoms with Crippen LogP contribution in [-0.4, -0.2) is 33.4 Å². The highest BCUT2D eigenvalue weighted by atomic mass is 32.2. The molecule has 0 aromatic heterocycles. The highest BCUT2D eigenvalue weighted by Crippen LogP contribution is 2.55. The van der Waals surface area contributed by atoms with Crippen molar-refractivity contribution in [2.45, 2.75) is 79.7 Å². The maximum atomic E-state index is 14.8. The normalized spacial score (nSPS) is 22.3. The van der Waals surface area contributed by atoms with Crippen molar-refractivity contribution in [1.82, 2.24) is 5.32 Å². The summed E-state index contributed by atoms with van der Waals surface area (Å²) in [5, 5.41) is 3.15. The minimum atomic E-state index is -6.26. The molecule has 1 N–H and O–H groups in total. The third kappa shape index (κ3) is 3.99. The SMILES string of the molecule is C=C(C)c1ccc(S(=O)(=O)C23CCNC2CCc2cc(C(F)(C(F)(F)F)C(F)(F)F)ccc23)cc1C(C)C. The van der Waals surface area contributed by atoms with Crippen molar-refractivity contribution >= 4 is 15.4 Å². The predicted octanol–water partition coefficient (Wildman–Crippen LogP) is 7.11. The fourth-order valence-corrected chi connectivity index (χ4v) is 8.28. The van der Waals surface area contributed by atoms with E-state index in [2.05, 4.69) is 11.9 Å². The van der Waals surface area contributed by atoms with Gasteiger partial charge in [-0.2, -0.15) is 26.3 Å². The number of sulfone groups is 1. The van der Waals surface area contributed by atoms with Gasteiger partial charge in [0.05, 0.1) is 4.90 Å². The van der Waals surface area contributed by atoms with E-state index >= 15 is 0 Å². The molecule has 0 radical (unpaired) electrons. The Kier molecular flexibility index (Phi) is 6.83. The molecule has 0 saturated carbocycles. The molecule has 1 aliphatic carbocycles. The maximum absolute atomic E-state index is 14.8. The van der Waals surface area contributed by atoms with Gasteiger partial charge in [-0.1, -0.05) is 50.3 Å². The summed E-state index contributed by atoms with van der Waals surface area (Å²) in [6.07, 6.45) is -12.3. The largest absolute Gasteiger partial charge is 0.435 e. The smallest absolute Gasteiger partial charge is 0.312 e. The van der Waals surface area contributed by atoms with Crippen LogP contribution in [0, 0.1) is 0 Å². The van der Waals surface area contributed by atoms with E-state index in [-0.39, 0.29) is 47.7 Å². The molecule has 2 aromatic rings. The molecule has 2 unspecified atom stereocenters. The first-order valence-electron chi connectivity index (χ1n) is 12.1. The average Bonchev–Trinajstić information content (AvgIpc) is 3.27. The second-order valence-electron chi connectivity index (χ2n) is 10.4. The van der Waals surface area contributed by atoms with Crippen molar-refractivity contribution in [2.75, 3.05) is 6.54 Å². The number of hydrogen-bond donors (Lipinski definition) is 1.